The second-order valence-electron chi connectivity index (χ2n) is 6.99. The highest BCUT2D eigenvalue weighted by Gasteiger charge is 2.30. The molecule has 2 fully saturated rings. The lowest BCUT2D eigenvalue weighted by Crippen LogP contribution is -2.52. The highest BCUT2D eigenvalue weighted by molar-refractivity contribution is 5.84. The zero-order valence-corrected chi connectivity index (χ0v) is 15.3. The third-order valence-electron chi connectivity index (χ3n) is 5.13. The summed E-state index contributed by atoms with van der Waals surface area (Å²) >= 11 is 0. The van der Waals surface area contributed by atoms with Crippen molar-refractivity contribution >= 4 is 17.6 Å². The minimum Gasteiger partial charge on any atom is -0.355 e. The maximum absolute atomic E-state index is 12.7. The molecule has 9 nitrogen and oxygen atoms in total. The Morgan fingerprint density at radius 2 is 1.96 bits per heavy atom. The molecule has 2 aromatic heterocycles. The van der Waals surface area contributed by atoms with E-state index in [9.17, 15) is 9.59 Å². The molecule has 1 atom stereocenters. The highest BCUT2D eigenvalue weighted by Crippen LogP contribution is 2.19. The molecule has 4 rings (SSSR count). The lowest BCUT2D eigenvalue weighted by molar-refractivity contribution is -0.137. The average molecular weight is 369 g/mol. The first-order chi connectivity index (χ1) is 13.1. The summed E-state index contributed by atoms with van der Waals surface area (Å²) in [6.07, 6.45) is 4.50. The zero-order chi connectivity index (χ0) is 18.8. The number of aromatic nitrogens is 4. The third-order valence-corrected chi connectivity index (χ3v) is 5.13. The minimum atomic E-state index is -0.0945. The number of hydrogen-bond donors (Lipinski definition) is 1. The van der Waals surface area contributed by atoms with E-state index in [1.165, 1.54) is 0 Å². The Labute approximate surface area is 157 Å². The van der Waals surface area contributed by atoms with Crippen LogP contribution in [0.3, 0.4) is 0 Å². The van der Waals surface area contributed by atoms with E-state index in [0.29, 0.717) is 32.5 Å². The molecule has 0 aromatic carbocycles. The van der Waals surface area contributed by atoms with Crippen LogP contribution < -0.4 is 10.2 Å². The quantitative estimate of drug-likeness (QED) is 0.827. The van der Waals surface area contributed by atoms with E-state index >= 15 is 0 Å². The lowest BCUT2D eigenvalue weighted by Gasteiger charge is -2.37. The molecule has 1 unspecified atom stereocenters. The SMILES string of the molecule is Cc1ccn(-c2cc(N3CCN(C(=O)C4CCC(=O)NC4)CC3)ncn2)n1. The molecule has 2 aromatic rings. The van der Waals surface area contributed by atoms with Gasteiger partial charge in [-0.15, -0.1) is 0 Å². The fraction of sp³-hybridized carbons (Fsp3) is 0.500. The van der Waals surface area contributed by atoms with Crippen LogP contribution >= 0.6 is 0 Å². The van der Waals surface area contributed by atoms with Crippen LogP contribution in [0.5, 0.6) is 0 Å². The Bertz CT molecular complexity index is 832. The highest BCUT2D eigenvalue weighted by atomic mass is 16.2. The van der Waals surface area contributed by atoms with Gasteiger partial charge in [0.2, 0.25) is 11.8 Å². The predicted octanol–water partition coefficient (Wildman–Crippen LogP) is 0.146. The smallest absolute Gasteiger partial charge is 0.227 e. The van der Waals surface area contributed by atoms with Crippen LogP contribution in [0.25, 0.3) is 5.82 Å². The van der Waals surface area contributed by atoms with Crippen molar-refractivity contribution in [2.24, 2.45) is 5.92 Å². The molecule has 1 N–H and O–H groups in total. The van der Waals surface area contributed by atoms with E-state index in [1.54, 1.807) is 11.0 Å². The Kier molecular flexibility index (Phi) is 4.74. The van der Waals surface area contributed by atoms with Gasteiger partial charge in [0.1, 0.15) is 12.1 Å². The second kappa shape index (κ2) is 7.34. The van der Waals surface area contributed by atoms with Crippen molar-refractivity contribution < 1.29 is 9.59 Å². The number of piperidine rings is 1. The molecule has 2 amide bonds. The van der Waals surface area contributed by atoms with E-state index in [0.717, 1.165) is 30.4 Å². The Hall–Kier alpha value is -2.97. The van der Waals surface area contributed by atoms with Crippen molar-refractivity contribution in [1.82, 2.24) is 30.0 Å². The molecule has 2 saturated heterocycles. The number of anilines is 1. The van der Waals surface area contributed by atoms with Crippen molar-refractivity contribution in [3.63, 3.8) is 0 Å². The minimum absolute atomic E-state index is 0.0378. The van der Waals surface area contributed by atoms with Crippen LogP contribution in [0.1, 0.15) is 18.5 Å². The predicted molar refractivity (Wildman–Crippen MR) is 98.4 cm³/mol. The first kappa shape index (κ1) is 17.4. The number of nitrogens with one attached hydrogen (secondary N) is 1. The lowest BCUT2D eigenvalue weighted by atomic mass is 9.97. The van der Waals surface area contributed by atoms with Gasteiger partial charge < -0.3 is 15.1 Å². The van der Waals surface area contributed by atoms with E-state index in [1.807, 2.05) is 30.2 Å². The number of carbonyl (C=O) groups excluding carboxylic acids is 2. The Morgan fingerprint density at radius 1 is 1.19 bits per heavy atom. The Morgan fingerprint density at radius 3 is 2.63 bits per heavy atom. The molecule has 142 valence electrons. The fourth-order valence-electron chi connectivity index (χ4n) is 3.54. The van der Waals surface area contributed by atoms with Crippen molar-refractivity contribution in [2.75, 3.05) is 37.6 Å². The van der Waals surface area contributed by atoms with Crippen LogP contribution in [-0.4, -0.2) is 69.2 Å². The van der Waals surface area contributed by atoms with Gasteiger partial charge in [-0.05, 0) is 19.4 Å². The topological polar surface area (TPSA) is 96.2 Å². The second-order valence-corrected chi connectivity index (χ2v) is 6.99. The number of piperazine rings is 1. The number of carbonyl (C=O) groups is 2. The molecule has 4 heterocycles. The summed E-state index contributed by atoms with van der Waals surface area (Å²) in [6, 6.07) is 3.85. The maximum Gasteiger partial charge on any atom is 0.227 e. The van der Waals surface area contributed by atoms with Crippen molar-refractivity contribution in [2.45, 2.75) is 19.8 Å². The number of nitrogens with zero attached hydrogens (tertiary/aromatic N) is 6. The van der Waals surface area contributed by atoms with Gasteiger partial charge in [0, 0.05) is 51.4 Å². The van der Waals surface area contributed by atoms with E-state index in [-0.39, 0.29) is 17.7 Å². The molecular weight excluding hydrogens is 346 g/mol. The molecule has 2 aliphatic heterocycles. The molecule has 27 heavy (non-hydrogen) atoms. The van der Waals surface area contributed by atoms with Crippen LogP contribution in [0.2, 0.25) is 0 Å². The van der Waals surface area contributed by atoms with Crippen LogP contribution in [-0.2, 0) is 9.59 Å². The molecular formula is C18H23N7O2. The van der Waals surface area contributed by atoms with E-state index in [2.05, 4.69) is 25.3 Å². The molecule has 0 aliphatic carbocycles. The number of hydrogen-bond acceptors (Lipinski definition) is 6. The molecule has 0 radical (unpaired) electrons. The van der Waals surface area contributed by atoms with Gasteiger partial charge in [0.15, 0.2) is 5.82 Å². The van der Waals surface area contributed by atoms with E-state index < -0.39 is 0 Å². The summed E-state index contributed by atoms with van der Waals surface area (Å²) < 4.78 is 1.73. The van der Waals surface area contributed by atoms with Gasteiger partial charge >= 0.3 is 0 Å². The molecule has 9 heteroatoms. The molecule has 0 spiro atoms. The maximum atomic E-state index is 12.7. The number of rotatable bonds is 3. The van der Waals surface area contributed by atoms with Gasteiger partial charge in [-0.25, -0.2) is 14.6 Å². The number of amides is 2. The van der Waals surface area contributed by atoms with Gasteiger partial charge in [-0.2, -0.15) is 5.10 Å². The standard InChI is InChI=1S/C18H23N7O2/c1-13-4-5-25(22-13)16-10-15(20-12-21-16)23-6-8-24(9-7-23)18(27)14-2-3-17(26)19-11-14/h4-5,10,12,14H,2-3,6-9,11H2,1H3,(H,19,26). The first-order valence-electron chi connectivity index (χ1n) is 9.25. The monoisotopic (exact) mass is 369 g/mol. The van der Waals surface area contributed by atoms with Gasteiger partial charge in [0.25, 0.3) is 0 Å². The van der Waals surface area contributed by atoms with Gasteiger partial charge in [-0.3, -0.25) is 9.59 Å². The summed E-state index contributed by atoms with van der Waals surface area (Å²) in [5.74, 6) is 1.65. The Balaban J connectivity index is 1.38. The van der Waals surface area contributed by atoms with Crippen LogP contribution in [0.4, 0.5) is 5.82 Å². The summed E-state index contributed by atoms with van der Waals surface area (Å²) in [4.78, 5) is 36.7. The van der Waals surface area contributed by atoms with Gasteiger partial charge in [0.05, 0.1) is 11.6 Å². The zero-order valence-electron chi connectivity index (χ0n) is 15.3. The van der Waals surface area contributed by atoms with Crippen molar-refractivity contribution in [3.8, 4) is 5.82 Å². The average Bonchev–Trinajstić information content (AvgIpc) is 3.15. The van der Waals surface area contributed by atoms with Crippen molar-refractivity contribution in [1.29, 1.82) is 0 Å². The summed E-state index contributed by atoms with van der Waals surface area (Å²) in [5.41, 5.74) is 0.932. The largest absolute Gasteiger partial charge is 0.355 e. The molecule has 2 aliphatic rings. The first-order valence-corrected chi connectivity index (χ1v) is 9.25. The van der Waals surface area contributed by atoms with Gasteiger partial charge in [-0.1, -0.05) is 0 Å². The van der Waals surface area contributed by atoms with Crippen molar-refractivity contribution in [3.05, 3.63) is 30.4 Å². The number of aryl methyl sites for hydroxylation is 1. The van der Waals surface area contributed by atoms with Crippen LogP contribution in [0.15, 0.2) is 24.7 Å². The van der Waals surface area contributed by atoms with E-state index in [4.69, 9.17) is 0 Å². The van der Waals surface area contributed by atoms with Crippen LogP contribution in [0, 0.1) is 12.8 Å². The summed E-state index contributed by atoms with van der Waals surface area (Å²) in [6.45, 7) is 5.15. The summed E-state index contributed by atoms with van der Waals surface area (Å²) in [5, 5.41) is 7.17. The normalized spacial score (nSPS) is 20.5. The third kappa shape index (κ3) is 3.76. The summed E-state index contributed by atoms with van der Waals surface area (Å²) in [7, 11) is 0. The molecule has 0 bridgehead atoms. The fourth-order valence-corrected chi connectivity index (χ4v) is 3.54. The molecule has 0 saturated carbocycles.